The van der Waals surface area contributed by atoms with Crippen LogP contribution in [0.3, 0.4) is 0 Å². The fourth-order valence-electron chi connectivity index (χ4n) is 3.65. The highest BCUT2D eigenvalue weighted by Gasteiger charge is 2.31. The summed E-state index contributed by atoms with van der Waals surface area (Å²) < 4.78 is 27.8. The number of carbonyl (C=O) groups is 1. The molecule has 0 N–H and O–H groups in total. The molecule has 156 valence electrons. The van der Waals surface area contributed by atoms with Crippen LogP contribution in [0.25, 0.3) is 0 Å². The third-order valence-corrected chi connectivity index (χ3v) is 8.11. The summed E-state index contributed by atoms with van der Waals surface area (Å²) in [7, 11) is -1.86. The second-order valence-corrected chi connectivity index (χ2v) is 10.3. The summed E-state index contributed by atoms with van der Waals surface area (Å²) in [4.78, 5) is 15.9. The average Bonchev–Trinajstić information content (AvgIpc) is 2.74. The van der Waals surface area contributed by atoms with Gasteiger partial charge in [0.05, 0.1) is 4.90 Å². The first-order chi connectivity index (χ1) is 13.8. The van der Waals surface area contributed by atoms with Gasteiger partial charge in [0.15, 0.2) is 0 Å². The van der Waals surface area contributed by atoms with Gasteiger partial charge in [0.25, 0.3) is 5.91 Å². The van der Waals surface area contributed by atoms with Gasteiger partial charge in [-0.15, -0.1) is 11.8 Å². The molecule has 5 nitrogen and oxygen atoms in total. The maximum Gasteiger partial charge on any atom is 0.253 e. The van der Waals surface area contributed by atoms with Crippen molar-refractivity contribution in [2.24, 2.45) is 0 Å². The molecule has 1 aliphatic rings. The van der Waals surface area contributed by atoms with Crippen molar-refractivity contribution < 1.29 is 13.2 Å². The Hall–Kier alpha value is -1.83. The lowest BCUT2D eigenvalue weighted by molar-refractivity contribution is 0.0785. The van der Waals surface area contributed by atoms with Gasteiger partial charge in [-0.3, -0.25) is 4.79 Å². The number of benzene rings is 2. The Kier molecular flexibility index (Phi) is 7.03. The summed E-state index contributed by atoms with van der Waals surface area (Å²) in [6.45, 7) is 2.95. The molecule has 1 fully saturated rings. The first kappa shape index (κ1) is 21.9. The Morgan fingerprint density at radius 2 is 1.90 bits per heavy atom. The largest absolute Gasteiger partial charge is 0.337 e. The maximum atomic E-state index is 13.1. The molecule has 2 aromatic carbocycles. The summed E-state index contributed by atoms with van der Waals surface area (Å²) in [6, 6.07) is 14.5. The Morgan fingerprint density at radius 3 is 2.55 bits per heavy atom. The number of hydrogen-bond donors (Lipinski definition) is 0. The third-order valence-electron chi connectivity index (χ3n) is 5.36. The summed E-state index contributed by atoms with van der Waals surface area (Å²) in [5, 5.41) is 0. The molecule has 3 rings (SSSR count). The molecule has 1 aliphatic heterocycles. The minimum Gasteiger partial charge on any atom is -0.337 e. The van der Waals surface area contributed by atoms with Gasteiger partial charge >= 0.3 is 0 Å². The van der Waals surface area contributed by atoms with Crippen molar-refractivity contribution in [3.05, 3.63) is 59.7 Å². The van der Waals surface area contributed by atoms with Gasteiger partial charge in [0.1, 0.15) is 0 Å². The second kappa shape index (κ2) is 9.32. The molecular weight excluding hydrogens is 404 g/mol. The van der Waals surface area contributed by atoms with Crippen LogP contribution in [0.2, 0.25) is 0 Å². The predicted octanol–water partition coefficient (Wildman–Crippen LogP) is 4.24. The van der Waals surface area contributed by atoms with E-state index in [4.69, 9.17) is 0 Å². The van der Waals surface area contributed by atoms with Gasteiger partial charge in [-0.2, -0.15) is 4.31 Å². The number of sulfonamides is 1. The van der Waals surface area contributed by atoms with Crippen molar-refractivity contribution in [3.8, 4) is 0 Å². The highest BCUT2D eigenvalue weighted by molar-refractivity contribution is 7.98. The van der Waals surface area contributed by atoms with Crippen LogP contribution in [0.15, 0.2) is 58.3 Å². The van der Waals surface area contributed by atoms with Gasteiger partial charge in [-0.05, 0) is 61.9 Å². The van der Waals surface area contributed by atoms with Gasteiger partial charge < -0.3 is 4.90 Å². The molecule has 1 atom stereocenters. The molecule has 0 aromatic heterocycles. The summed E-state index contributed by atoms with van der Waals surface area (Å²) in [6.07, 6.45) is 4.82. The maximum absolute atomic E-state index is 13.1. The Bertz CT molecular complexity index is 958. The zero-order valence-corrected chi connectivity index (χ0v) is 18.8. The topological polar surface area (TPSA) is 57.7 Å². The van der Waals surface area contributed by atoms with Crippen molar-refractivity contribution >= 4 is 27.7 Å². The Balaban J connectivity index is 1.77. The zero-order chi connectivity index (χ0) is 21.0. The molecule has 1 heterocycles. The van der Waals surface area contributed by atoms with Crippen LogP contribution in [0, 0.1) is 0 Å². The number of piperidine rings is 1. The molecule has 7 heteroatoms. The molecule has 0 saturated carbocycles. The fourth-order valence-corrected chi connectivity index (χ4v) is 5.80. The second-order valence-electron chi connectivity index (χ2n) is 7.50. The van der Waals surface area contributed by atoms with E-state index in [1.165, 1.54) is 11.0 Å². The minimum absolute atomic E-state index is 0.0139. The average molecular weight is 433 g/mol. The molecule has 1 saturated heterocycles. The van der Waals surface area contributed by atoms with Crippen molar-refractivity contribution in [2.45, 2.75) is 48.6 Å². The lowest BCUT2D eigenvalue weighted by Crippen LogP contribution is -2.42. The minimum atomic E-state index is -3.60. The van der Waals surface area contributed by atoms with E-state index in [1.807, 2.05) is 37.4 Å². The number of hydrogen-bond acceptors (Lipinski definition) is 4. The predicted molar refractivity (Wildman–Crippen MR) is 118 cm³/mol. The van der Waals surface area contributed by atoms with E-state index >= 15 is 0 Å². The molecule has 0 spiro atoms. The summed E-state index contributed by atoms with van der Waals surface area (Å²) >= 11 is 1.67. The Labute approximate surface area is 178 Å². The van der Waals surface area contributed by atoms with Gasteiger partial charge in [0, 0.05) is 36.6 Å². The van der Waals surface area contributed by atoms with Crippen molar-refractivity contribution in [1.29, 1.82) is 0 Å². The molecule has 29 heavy (non-hydrogen) atoms. The quantitative estimate of drug-likeness (QED) is 0.641. The number of rotatable bonds is 6. The molecule has 0 unspecified atom stereocenters. The standard InChI is InChI=1S/C22H28N2O3S2/c1-17-7-4-5-14-24(17)29(26,27)21-9-6-8-19(15-21)22(25)23(2)16-18-10-12-20(28-3)13-11-18/h6,8-13,15,17H,4-5,7,14,16H2,1-3H3/t17-/m1/s1. The fraction of sp³-hybridized carbons (Fsp3) is 0.409. The number of carbonyl (C=O) groups excluding carboxylic acids is 1. The van der Waals surface area contributed by atoms with Crippen LogP contribution in [0.5, 0.6) is 0 Å². The highest BCUT2D eigenvalue weighted by atomic mass is 32.2. The highest BCUT2D eigenvalue weighted by Crippen LogP contribution is 2.26. The molecule has 0 aliphatic carbocycles. The van der Waals surface area contributed by atoms with Crippen molar-refractivity contribution in [1.82, 2.24) is 9.21 Å². The molecule has 2 aromatic rings. The smallest absolute Gasteiger partial charge is 0.253 e. The van der Waals surface area contributed by atoms with E-state index in [2.05, 4.69) is 0 Å². The van der Waals surface area contributed by atoms with Crippen LogP contribution >= 0.6 is 11.8 Å². The first-order valence-electron chi connectivity index (χ1n) is 9.83. The summed E-state index contributed by atoms with van der Waals surface area (Å²) in [5.41, 5.74) is 1.42. The number of nitrogens with zero attached hydrogens (tertiary/aromatic N) is 2. The lowest BCUT2D eigenvalue weighted by atomic mass is 10.1. The lowest BCUT2D eigenvalue weighted by Gasteiger charge is -2.32. The van der Waals surface area contributed by atoms with Crippen LogP contribution in [0.4, 0.5) is 0 Å². The third kappa shape index (κ3) is 5.02. The van der Waals surface area contributed by atoms with E-state index in [9.17, 15) is 13.2 Å². The van der Waals surface area contributed by atoms with Crippen LogP contribution in [-0.4, -0.2) is 49.4 Å². The van der Waals surface area contributed by atoms with E-state index < -0.39 is 10.0 Å². The van der Waals surface area contributed by atoms with E-state index in [0.29, 0.717) is 18.7 Å². The van der Waals surface area contributed by atoms with Crippen LogP contribution < -0.4 is 0 Å². The van der Waals surface area contributed by atoms with Crippen LogP contribution in [-0.2, 0) is 16.6 Å². The van der Waals surface area contributed by atoms with Gasteiger partial charge in [-0.1, -0.05) is 24.6 Å². The van der Waals surface area contributed by atoms with E-state index in [1.54, 1.807) is 46.2 Å². The van der Waals surface area contributed by atoms with E-state index in [0.717, 1.165) is 24.8 Å². The molecule has 1 amide bonds. The SMILES string of the molecule is CSc1ccc(CN(C)C(=O)c2cccc(S(=O)(=O)N3CCCC[C@H]3C)c2)cc1. The molecule has 0 radical (unpaired) electrons. The molecule has 0 bridgehead atoms. The normalized spacial score (nSPS) is 17.8. The van der Waals surface area contributed by atoms with Crippen molar-refractivity contribution in [2.75, 3.05) is 19.8 Å². The zero-order valence-electron chi connectivity index (χ0n) is 17.2. The Morgan fingerprint density at radius 1 is 1.17 bits per heavy atom. The first-order valence-corrected chi connectivity index (χ1v) is 12.5. The van der Waals surface area contributed by atoms with Crippen LogP contribution in [0.1, 0.15) is 42.1 Å². The van der Waals surface area contributed by atoms with Gasteiger partial charge in [0.2, 0.25) is 10.0 Å². The summed E-state index contributed by atoms with van der Waals surface area (Å²) in [5.74, 6) is -0.192. The molecular formula is C22H28N2O3S2. The monoisotopic (exact) mass is 432 g/mol. The van der Waals surface area contributed by atoms with Gasteiger partial charge in [-0.25, -0.2) is 8.42 Å². The number of thioether (sulfide) groups is 1. The number of amides is 1. The van der Waals surface area contributed by atoms with E-state index in [-0.39, 0.29) is 16.8 Å². The van der Waals surface area contributed by atoms with Crippen molar-refractivity contribution in [3.63, 3.8) is 0 Å².